The minimum absolute atomic E-state index is 0.0507. The molecular formula is C12H15N3O3. The molecule has 0 amide bonds. The van der Waals surface area contributed by atoms with Crippen molar-refractivity contribution in [1.82, 2.24) is 0 Å². The van der Waals surface area contributed by atoms with E-state index in [1.807, 2.05) is 19.9 Å². The van der Waals surface area contributed by atoms with E-state index in [1.165, 1.54) is 6.07 Å². The van der Waals surface area contributed by atoms with E-state index in [4.69, 9.17) is 10.00 Å². The number of nitrogens with zero attached hydrogens (tertiary/aromatic N) is 2. The van der Waals surface area contributed by atoms with Crippen LogP contribution >= 0.6 is 0 Å². The lowest BCUT2D eigenvalue weighted by Crippen LogP contribution is -2.14. The Labute approximate surface area is 105 Å². The molecule has 1 N–H and O–H groups in total. The van der Waals surface area contributed by atoms with E-state index in [0.29, 0.717) is 18.8 Å². The van der Waals surface area contributed by atoms with Gasteiger partial charge in [0.15, 0.2) is 0 Å². The highest BCUT2D eigenvalue weighted by molar-refractivity contribution is 5.68. The summed E-state index contributed by atoms with van der Waals surface area (Å²) >= 11 is 0. The lowest BCUT2D eigenvalue weighted by Gasteiger charge is -2.10. The molecule has 0 radical (unpaired) electrons. The fraction of sp³-hybridized carbons (Fsp3) is 0.417. The third-order valence-corrected chi connectivity index (χ3v) is 2.21. The minimum Gasteiger partial charge on any atom is -0.377 e. The zero-order chi connectivity index (χ0) is 13.5. The van der Waals surface area contributed by atoms with Gasteiger partial charge in [-0.25, -0.2) is 0 Å². The number of para-hydroxylation sites is 1. The fourth-order valence-electron chi connectivity index (χ4n) is 1.45. The second-order valence-corrected chi connectivity index (χ2v) is 3.92. The molecule has 96 valence electrons. The second-order valence-electron chi connectivity index (χ2n) is 3.92. The van der Waals surface area contributed by atoms with E-state index in [0.717, 1.165) is 0 Å². The highest BCUT2D eigenvalue weighted by atomic mass is 16.6. The molecule has 6 heteroatoms. The van der Waals surface area contributed by atoms with E-state index >= 15 is 0 Å². The predicted molar refractivity (Wildman–Crippen MR) is 67.4 cm³/mol. The molecule has 0 atom stereocenters. The maximum atomic E-state index is 10.9. The summed E-state index contributed by atoms with van der Waals surface area (Å²) in [6.07, 6.45) is 0.118. The van der Waals surface area contributed by atoms with Crippen molar-refractivity contribution in [1.29, 1.82) is 5.26 Å². The monoisotopic (exact) mass is 249 g/mol. The lowest BCUT2D eigenvalue weighted by atomic mass is 10.1. The van der Waals surface area contributed by atoms with Crippen molar-refractivity contribution in [2.24, 2.45) is 0 Å². The van der Waals surface area contributed by atoms with Gasteiger partial charge in [0.05, 0.1) is 17.6 Å². The zero-order valence-corrected chi connectivity index (χ0v) is 10.3. The van der Waals surface area contributed by atoms with Crippen LogP contribution in [0.3, 0.4) is 0 Å². The standard InChI is InChI=1S/C12H15N3O3/c1-9(2)18-7-6-14-11-5-3-4-10(8-13)12(11)15(16)17/h3-5,9,14H,6-7H2,1-2H3. The van der Waals surface area contributed by atoms with Gasteiger partial charge >= 0.3 is 5.69 Å². The topological polar surface area (TPSA) is 88.2 Å². The van der Waals surface area contributed by atoms with Crippen molar-refractivity contribution in [3.05, 3.63) is 33.9 Å². The van der Waals surface area contributed by atoms with Crippen molar-refractivity contribution in [3.8, 4) is 6.07 Å². The summed E-state index contributed by atoms with van der Waals surface area (Å²) in [5.74, 6) is 0. The molecular weight excluding hydrogens is 234 g/mol. The van der Waals surface area contributed by atoms with Crippen molar-refractivity contribution in [3.63, 3.8) is 0 Å². The number of nitro groups is 1. The van der Waals surface area contributed by atoms with Crippen LogP contribution in [0.1, 0.15) is 19.4 Å². The van der Waals surface area contributed by atoms with Crippen molar-refractivity contribution < 1.29 is 9.66 Å². The van der Waals surface area contributed by atoms with Gasteiger partial charge in [0.2, 0.25) is 0 Å². The third kappa shape index (κ3) is 3.71. The van der Waals surface area contributed by atoms with Crippen LogP contribution in [-0.4, -0.2) is 24.2 Å². The Bertz CT molecular complexity index is 466. The van der Waals surface area contributed by atoms with Crippen molar-refractivity contribution >= 4 is 11.4 Å². The highest BCUT2D eigenvalue weighted by Gasteiger charge is 2.18. The molecule has 18 heavy (non-hydrogen) atoms. The SMILES string of the molecule is CC(C)OCCNc1cccc(C#N)c1[N+](=O)[O-]. The summed E-state index contributed by atoms with van der Waals surface area (Å²) in [5, 5.41) is 22.7. The number of hydrogen-bond acceptors (Lipinski definition) is 5. The Morgan fingerprint density at radius 2 is 2.28 bits per heavy atom. The maximum absolute atomic E-state index is 10.9. The summed E-state index contributed by atoms with van der Waals surface area (Å²) in [4.78, 5) is 10.4. The number of nitro benzene ring substituents is 1. The summed E-state index contributed by atoms with van der Waals surface area (Å²) in [5.41, 5.74) is 0.200. The van der Waals surface area contributed by atoms with Crippen LogP contribution in [0.4, 0.5) is 11.4 Å². The van der Waals surface area contributed by atoms with Crippen LogP contribution in [0.25, 0.3) is 0 Å². The van der Waals surface area contributed by atoms with Gasteiger partial charge in [0.1, 0.15) is 17.3 Å². The van der Waals surface area contributed by atoms with Crippen LogP contribution in [0.5, 0.6) is 0 Å². The molecule has 0 aromatic heterocycles. The first kappa shape index (κ1) is 13.9. The molecule has 0 fully saturated rings. The van der Waals surface area contributed by atoms with Gasteiger partial charge in [-0.2, -0.15) is 5.26 Å². The van der Waals surface area contributed by atoms with Gasteiger partial charge in [-0.3, -0.25) is 10.1 Å². The van der Waals surface area contributed by atoms with Crippen molar-refractivity contribution in [2.75, 3.05) is 18.5 Å². The molecule has 0 unspecified atom stereocenters. The van der Waals surface area contributed by atoms with Gasteiger partial charge in [-0.05, 0) is 26.0 Å². The lowest BCUT2D eigenvalue weighted by molar-refractivity contribution is -0.384. The number of ether oxygens (including phenoxy) is 1. The zero-order valence-electron chi connectivity index (χ0n) is 10.3. The number of rotatable bonds is 6. The first-order valence-electron chi connectivity index (χ1n) is 5.59. The smallest absolute Gasteiger partial charge is 0.309 e. The second kappa shape index (κ2) is 6.57. The first-order chi connectivity index (χ1) is 8.56. The van der Waals surface area contributed by atoms with Crippen molar-refractivity contribution in [2.45, 2.75) is 20.0 Å². The normalized spacial score (nSPS) is 10.1. The van der Waals surface area contributed by atoms with Crippen LogP contribution in [0, 0.1) is 21.4 Å². The van der Waals surface area contributed by atoms with Gasteiger partial charge in [0.25, 0.3) is 0 Å². The Kier molecular flexibility index (Phi) is 5.08. The molecule has 0 heterocycles. The molecule has 0 saturated carbocycles. The Balaban J connectivity index is 2.77. The van der Waals surface area contributed by atoms with E-state index in [-0.39, 0.29) is 17.4 Å². The Morgan fingerprint density at radius 1 is 1.56 bits per heavy atom. The summed E-state index contributed by atoms with van der Waals surface area (Å²) in [6.45, 7) is 4.73. The van der Waals surface area contributed by atoms with E-state index in [1.54, 1.807) is 12.1 Å². The average molecular weight is 249 g/mol. The molecule has 1 rings (SSSR count). The van der Waals surface area contributed by atoms with E-state index in [2.05, 4.69) is 5.32 Å². The number of anilines is 1. The third-order valence-electron chi connectivity index (χ3n) is 2.21. The molecule has 1 aromatic carbocycles. The summed E-state index contributed by atoms with van der Waals surface area (Å²) in [7, 11) is 0. The van der Waals surface area contributed by atoms with Gasteiger partial charge in [0, 0.05) is 6.54 Å². The largest absolute Gasteiger partial charge is 0.377 e. The van der Waals surface area contributed by atoms with Crippen LogP contribution in [0.2, 0.25) is 0 Å². The van der Waals surface area contributed by atoms with E-state index in [9.17, 15) is 10.1 Å². The minimum atomic E-state index is -0.551. The molecule has 0 saturated heterocycles. The predicted octanol–water partition coefficient (Wildman–Crippen LogP) is 2.30. The van der Waals surface area contributed by atoms with Gasteiger partial charge in [-0.1, -0.05) is 6.07 Å². The molecule has 1 aromatic rings. The maximum Gasteiger partial charge on any atom is 0.309 e. The Hall–Kier alpha value is -2.13. The molecule has 0 bridgehead atoms. The van der Waals surface area contributed by atoms with Gasteiger partial charge < -0.3 is 10.1 Å². The molecule has 0 aliphatic carbocycles. The van der Waals surface area contributed by atoms with Crippen LogP contribution in [-0.2, 0) is 4.74 Å². The van der Waals surface area contributed by atoms with Crippen LogP contribution < -0.4 is 5.32 Å². The van der Waals surface area contributed by atoms with E-state index < -0.39 is 4.92 Å². The van der Waals surface area contributed by atoms with Gasteiger partial charge in [-0.15, -0.1) is 0 Å². The number of nitriles is 1. The number of hydrogen-bond donors (Lipinski definition) is 1. The Morgan fingerprint density at radius 3 is 2.83 bits per heavy atom. The number of benzene rings is 1. The quantitative estimate of drug-likeness (QED) is 0.474. The molecule has 0 aliphatic rings. The fourth-order valence-corrected chi connectivity index (χ4v) is 1.45. The summed E-state index contributed by atoms with van der Waals surface area (Å²) < 4.78 is 5.32. The number of nitrogens with one attached hydrogen (secondary N) is 1. The molecule has 0 aliphatic heterocycles. The van der Waals surface area contributed by atoms with Crippen LogP contribution in [0.15, 0.2) is 18.2 Å². The molecule has 0 spiro atoms. The average Bonchev–Trinajstić information content (AvgIpc) is 2.33. The first-order valence-corrected chi connectivity index (χ1v) is 5.59. The summed E-state index contributed by atoms with van der Waals surface area (Å²) in [6, 6.07) is 6.42. The molecule has 6 nitrogen and oxygen atoms in total. The highest BCUT2D eigenvalue weighted by Crippen LogP contribution is 2.27.